The topological polar surface area (TPSA) is 48.1 Å². The second-order valence-electron chi connectivity index (χ2n) is 4.52. The van der Waals surface area contributed by atoms with Crippen molar-refractivity contribution in [2.45, 2.75) is 25.8 Å². The number of rotatable bonds is 3. The fourth-order valence-corrected chi connectivity index (χ4v) is 2.34. The summed E-state index contributed by atoms with van der Waals surface area (Å²) in [4.78, 5) is 4.56. The molecule has 2 aromatic rings. The molecule has 1 aromatic carbocycles. The highest BCUT2D eigenvalue weighted by molar-refractivity contribution is 5.37. The van der Waals surface area contributed by atoms with Crippen molar-refractivity contribution in [2.75, 3.05) is 0 Å². The van der Waals surface area contributed by atoms with E-state index in [1.807, 2.05) is 30.3 Å². The summed E-state index contributed by atoms with van der Waals surface area (Å²) in [5, 5.41) is 0. The van der Waals surface area contributed by atoms with Gasteiger partial charge in [0.25, 0.3) is 0 Å². The van der Waals surface area contributed by atoms with E-state index in [1.54, 1.807) is 0 Å². The molecule has 0 radical (unpaired) electrons. The van der Waals surface area contributed by atoms with Gasteiger partial charge in [-0.3, -0.25) is 0 Å². The maximum atomic E-state index is 5.83. The van der Waals surface area contributed by atoms with Crippen LogP contribution >= 0.6 is 0 Å². The van der Waals surface area contributed by atoms with Crippen molar-refractivity contribution in [2.24, 2.45) is 5.73 Å². The van der Waals surface area contributed by atoms with Crippen molar-refractivity contribution < 1.29 is 4.74 Å². The smallest absolute Gasteiger partial charge is 0.219 e. The Hall–Kier alpha value is -1.87. The van der Waals surface area contributed by atoms with E-state index in [-0.39, 0.29) is 0 Å². The number of pyridine rings is 1. The van der Waals surface area contributed by atoms with Crippen LogP contribution in [-0.2, 0) is 19.4 Å². The molecule has 3 nitrogen and oxygen atoms in total. The monoisotopic (exact) mass is 240 g/mol. The van der Waals surface area contributed by atoms with Crippen LogP contribution in [0.25, 0.3) is 0 Å². The van der Waals surface area contributed by atoms with Gasteiger partial charge in [0.15, 0.2) is 0 Å². The summed E-state index contributed by atoms with van der Waals surface area (Å²) in [5.74, 6) is 1.46. The average Bonchev–Trinajstić information content (AvgIpc) is 2.87. The lowest BCUT2D eigenvalue weighted by atomic mass is 10.2. The third-order valence-corrected chi connectivity index (χ3v) is 3.31. The fourth-order valence-electron chi connectivity index (χ4n) is 2.34. The number of aryl methyl sites for hydroxylation is 2. The Balaban J connectivity index is 1.88. The van der Waals surface area contributed by atoms with Gasteiger partial charge in [-0.2, -0.15) is 0 Å². The number of hydrogen-bond donors (Lipinski definition) is 1. The minimum atomic E-state index is 0.473. The summed E-state index contributed by atoms with van der Waals surface area (Å²) >= 11 is 0. The lowest BCUT2D eigenvalue weighted by Gasteiger charge is -2.09. The molecule has 0 atom stereocenters. The zero-order valence-corrected chi connectivity index (χ0v) is 10.2. The van der Waals surface area contributed by atoms with Gasteiger partial charge in [0.1, 0.15) is 5.75 Å². The molecule has 0 amide bonds. The van der Waals surface area contributed by atoms with Gasteiger partial charge < -0.3 is 10.5 Å². The fraction of sp³-hybridized carbons (Fsp3) is 0.267. The van der Waals surface area contributed by atoms with Crippen molar-refractivity contribution >= 4 is 0 Å². The predicted octanol–water partition coefficient (Wildman–Crippen LogP) is 2.82. The van der Waals surface area contributed by atoms with Crippen LogP contribution in [0.1, 0.15) is 23.2 Å². The Labute approximate surface area is 107 Å². The SMILES string of the molecule is NCc1ccccc1Oc1ccc2c(n1)CCC2. The molecule has 3 rings (SSSR count). The molecule has 18 heavy (non-hydrogen) atoms. The molecular weight excluding hydrogens is 224 g/mol. The molecule has 1 aromatic heterocycles. The molecule has 1 heterocycles. The van der Waals surface area contributed by atoms with Crippen molar-refractivity contribution in [3.63, 3.8) is 0 Å². The number of ether oxygens (including phenoxy) is 1. The van der Waals surface area contributed by atoms with E-state index in [1.165, 1.54) is 17.7 Å². The van der Waals surface area contributed by atoms with E-state index >= 15 is 0 Å². The summed E-state index contributed by atoms with van der Waals surface area (Å²) in [6, 6.07) is 11.9. The highest BCUT2D eigenvalue weighted by Gasteiger charge is 2.13. The van der Waals surface area contributed by atoms with Gasteiger partial charge in [0.2, 0.25) is 5.88 Å². The third kappa shape index (κ3) is 2.09. The Morgan fingerprint density at radius 1 is 1.11 bits per heavy atom. The van der Waals surface area contributed by atoms with E-state index in [9.17, 15) is 0 Å². The van der Waals surface area contributed by atoms with E-state index in [4.69, 9.17) is 10.5 Å². The van der Waals surface area contributed by atoms with Crippen LogP contribution in [0.2, 0.25) is 0 Å². The van der Waals surface area contributed by atoms with E-state index in [2.05, 4.69) is 11.1 Å². The van der Waals surface area contributed by atoms with Crippen LogP contribution in [0.15, 0.2) is 36.4 Å². The summed E-state index contributed by atoms with van der Waals surface area (Å²) < 4.78 is 5.83. The quantitative estimate of drug-likeness (QED) is 0.897. The Morgan fingerprint density at radius 3 is 2.89 bits per heavy atom. The molecular formula is C15H16N2O. The normalized spacial score (nSPS) is 13.4. The van der Waals surface area contributed by atoms with Crippen LogP contribution in [0.3, 0.4) is 0 Å². The van der Waals surface area contributed by atoms with Gasteiger partial charge in [0.05, 0.1) is 0 Å². The minimum absolute atomic E-state index is 0.473. The first-order chi connectivity index (χ1) is 8.86. The van der Waals surface area contributed by atoms with Crippen molar-refractivity contribution in [1.29, 1.82) is 0 Å². The van der Waals surface area contributed by atoms with Crippen LogP contribution in [-0.4, -0.2) is 4.98 Å². The molecule has 92 valence electrons. The number of nitrogens with zero attached hydrogens (tertiary/aromatic N) is 1. The van der Waals surface area contributed by atoms with E-state index in [0.29, 0.717) is 12.4 Å². The van der Waals surface area contributed by atoms with Crippen molar-refractivity contribution in [3.05, 3.63) is 53.2 Å². The largest absolute Gasteiger partial charge is 0.439 e. The van der Waals surface area contributed by atoms with Gasteiger partial charge >= 0.3 is 0 Å². The molecule has 0 fully saturated rings. The first-order valence-electron chi connectivity index (χ1n) is 6.31. The summed E-state index contributed by atoms with van der Waals surface area (Å²) in [6.07, 6.45) is 3.40. The number of para-hydroxylation sites is 1. The van der Waals surface area contributed by atoms with Crippen molar-refractivity contribution in [1.82, 2.24) is 4.98 Å². The zero-order chi connectivity index (χ0) is 12.4. The zero-order valence-electron chi connectivity index (χ0n) is 10.2. The molecule has 0 saturated heterocycles. The lowest BCUT2D eigenvalue weighted by Crippen LogP contribution is -2.00. The molecule has 2 N–H and O–H groups in total. The second kappa shape index (κ2) is 4.78. The highest BCUT2D eigenvalue weighted by atomic mass is 16.5. The average molecular weight is 240 g/mol. The number of hydrogen-bond acceptors (Lipinski definition) is 3. The van der Waals surface area contributed by atoms with Gasteiger partial charge in [-0.15, -0.1) is 0 Å². The van der Waals surface area contributed by atoms with E-state index < -0.39 is 0 Å². The molecule has 0 spiro atoms. The van der Waals surface area contributed by atoms with Gasteiger partial charge in [0, 0.05) is 23.9 Å². The van der Waals surface area contributed by atoms with Crippen LogP contribution < -0.4 is 10.5 Å². The molecule has 3 heteroatoms. The highest BCUT2D eigenvalue weighted by Crippen LogP contribution is 2.27. The third-order valence-electron chi connectivity index (χ3n) is 3.31. The molecule has 1 aliphatic carbocycles. The summed E-state index contributed by atoms with van der Waals surface area (Å²) in [6.45, 7) is 0.473. The number of aromatic nitrogens is 1. The predicted molar refractivity (Wildman–Crippen MR) is 70.7 cm³/mol. The Morgan fingerprint density at radius 2 is 2.00 bits per heavy atom. The Kier molecular flexibility index (Phi) is 2.99. The summed E-state index contributed by atoms with van der Waals surface area (Å²) in [7, 11) is 0. The number of benzene rings is 1. The van der Waals surface area contributed by atoms with Crippen LogP contribution in [0.5, 0.6) is 11.6 Å². The maximum absolute atomic E-state index is 5.83. The molecule has 0 unspecified atom stereocenters. The first kappa shape index (κ1) is 11.2. The van der Waals surface area contributed by atoms with Gasteiger partial charge in [-0.1, -0.05) is 24.3 Å². The van der Waals surface area contributed by atoms with Gasteiger partial charge in [-0.25, -0.2) is 4.98 Å². The number of fused-ring (bicyclic) bond motifs is 1. The van der Waals surface area contributed by atoms with Crippen LogP contribution in [0, 0.1) is 0 Å². The summed E-state index contributed by atoms with van der Waals surface area (Å²) in [5.41, 5.74) is 9.23. The molecule has 0 saturated carbocycles. The molecule has 0 aliphatic heterocycles. The first-order valence-corrected chi connectivity index (χ1v) is 6.31. The second-order valence-corrected chi connectivity index (χ2v) is 4.52. The standard InChI is InChI=1S/C15H16N2O/c16-10-12-4-1-2-7-14(12)18-15-9-8-11-5-3-6-13(11)17-15/h1-2,4,7-9H,3,5-6,10,16H2. The van der Waals surface area contributed by atoms with Crippen LogP contribution in [0.4, 0.5) is 0 Å². The van der Waals surface area contributed by atoms with Gasteiger partial charge in [-0.05, 0) is 30.9 Å². The molecule has 1 aliphatic rings. The maximum Gasteiger partial charge on any atom is 0.219 e. The Bertz CT molecular complexity index is 566. The minimum Gasteiger partial charge on any atom is -0.439 e. The molecule has 0 bridgehead atoms. The lowest BCUT2D eigenvalue weighted by molar-refractivity contribution is 0.455. The van der Waals surface area contributed by atoms with E-state index in [0.717, 1.165) is 24.2 Å². The number of nitrogens with two attached hydrogens (primary N) is 1. The van der Waals surface area contributed by atoms with Crippen molar-refractivity contribution in [3.8, 4) is 11.6 Å².